The number of anilines is 2. The molecule has 0 aliphatic carbocycles. The minimum Gasteiger partial charge on any atom is -0.373 e. The molecule has 1 aromatic rings. The van der Waals surface area contributed by atoms with E-state index < -0.39 is 6.04 Å². The largest absolute Gasteiger partial charge is 0.373 e. The molecule has 3 rings (SSSR count). The van der Waals surface area contributed by atoms with E-state index in [9.17, 15) is 9.59 Å². The molecule has 20 heavy (non-hydrogen) atoms. The molecule has 5 nitrogen and oxygen atoms in total. The third-order valence-corrected chi connectivity index (χ3v) is 3.90. The second-order valence-electron chi connectivity index (χ2n) is 5.41. The van der Waals surface area contributed by atoms with Crippen molar-refractivity contribution in [3.8, 4) is 0 Å². The molecule has 0 aromatic heterocycles. The van der Waals surface area contributed by atoms with Crippen LogP contribution >= 0.6 is 0 Å². The number of rotatable bonds is 3. The van der Waals surface area contributed by atoms with Gasteiger partial charge in [0.1, 0.15) is 6.04 Å². The normalized spacial score (nSPS) is 22.8. The highest BCUT2D eigenvalue weighted by molar-refractivity contribution is 6.06. The Bertz CT molecular complexity index is 506. The fourth-order valence-corrected chi connectivity index (χ4v) is 2.79. The van der Waals surface area contributed by atoms with Crippen LogP contribution < -0.4 is 15.5 Å². The van der Waals surface area contributed by atoms with Crippen LogP contribution in [0.4, 0.5) is 11.4 Å². The Labute approximate surface area is 118 Å². The maximum atomic E-state index is 11.5. The lowest BCUT2D eigenvalue weighted by Crippen LogP contribution is -2.30. The lowest BCUT2D eigenvalue weighted by atomic mass is 10.1. The number of piperidine rings is 1. The molecule has 0 bridgehead atoms. The van der Waals surface area contributed by atoms with E-state index in [-0.39, 0.29) is 18.2 Å². The van der Waals surface area contributed by atoms with Crippen LogP contribution in [-0.2, 0) is 9.59 Å². The van der Waals surface area contributed by atoms with Crippen LogP contribution in [0.5, 0.6) is 0 Å². The first kappa shape index (κ1) is 13.0. The van der Waals surface area contributed by atoms with Crippen molar-refractivity contribution in [3.05, 3.63) is 24.3 Å². The molecule has 2 N–H and O–H groups in total. The van der Waals surface area contributed by atoms with Crippen LogP contribution in [0.15, 0.2) is 24.3 Å². The summed E-state index contributed by atoms with van der Waals surface area (Å²) in [5.41, 5.74) is 2.10. The molecule has 2 amide bonds. The highest BCUT2D eigenvalue weighted by Crippen LogP contribution is 2.22. The highest BCUT2D eigenvalue weighted by Gasteiger charge is 2.30. The Morgan fingerprint density at radius 1 is 1.05 bits per heavy atom. The topological polar surface area (TPSA) is 61.4 Å². The van der Waals surface area contributed by atoms with Crippen LogP contribution in [0, 0.1) is 0 Å². The molecule has 106 valence electrons. The van der Waals surface area contributed by atoms with Gasteiger partial charge in [-0.2, -0.15) is 0 Å². The van der Waals surface area contributed by atoms with E-state index >= 15 is 0 Å². The lowest BCUT2D eigenvalue weighted by Gasteiger charge is -2.29. The first-order chi connectivity index (χ1) is 9.72. The van der Waals surface area contributed by atoms with Crippen LogP contribution in [0.25, 0.3) is 0 Å². The Hall–Kier alpha value is -2.04. The number of hydrogen-bond acceptors (Lipinski definition) is 4. The predicted molar refractivity (Wildman–Crippen MR) is 77.7 cm³/mol. The Balaban J connectivity index is 1.64. The minimum atomic E-state index is -0.441. The monoisotopic (exact) mass is 273 g/mol. The van der Waals surface area contributed by atoms with Crippen molar-refractivity contribution in [1.82, 2.24) is 5.32 Å². The van der Waals surface area contributed by atoms with Gasteiger partial charge in [-0.05, 0) is 43.5 Å². The van der Waals surface area contributed by atoms with Crippen molar-refractivity contribution >= 4 is 23.2 Å². The Morgan fingerprint density at radius 2 is 1.75 bits per heavy atom. The van der Waals surface area contributed by atoms with E-state index in [1.165, 1.54) is 24.9 Å². The summed E-state index contributed by atoms with van der Waals surface area (Å²) < 4.78 is 0. The average Bonchev–Trinajstić information content (AvgIpc) is 2.79. The second-order valence-corrected chi connectivity index (χ2v) is 5.41. The number of nitrogens with zero attached hydrogens (tertiary/aromatic N) is 1. The summed E-state index contributed by atoms with van der Waals surface area (Å²) in [5.74, 6) is -0.451. The van der Waals surface area contributed by atoms with E-state index in [2.05, 4.69) is 27.7 Å². The molecule has 2 fully saturated rings. The van der Waals surface area contributed by atoms with Crippen LogP contribution in [0.3, 0.4) is 0 Å². The number of amides is 2. The summed E-state index contributed by atoms with van der Waals surface area (Å²) in [5, 5.41) is 5.40. The van der Waals surface area contributed by atoms with Gasteiger partial charge in [0, 0.05) is 24.5 Å². The SMILES string of the molecule is O=C1CC(Nc2ccc(N3CCCCC3)cc2)C(=O)N1. The van der Waals surface area contributed by atoms with Crippen LogP contribution in [0.1, 0.15) is 25.7 Å². The standard InChI is InChI=1S/C15H19N3O2/c19-14-10-13(15(20)17-14)16-11-4-6-12(7-5-11)18-8-2-1-3-9-18/h4-7,13,16H,1-3,8-10H2,(H,17,19,20). The van der Waals surface area contributed by atoms with Crippen LogP contribution in [0.2, 0.25) is 0 Å². The van der Waals surface area contributed by atoms with Crippen molar-refractivity contribution in [2.75, 3.05) is 23.3 Å². The summed E-state index contributed by atoms with van der Waals surface area (Å²) in [4.78, 5) is 25.0. The van der Waals surface area contributed by atoms with Gasteiger partial charge in [-0.25, -0.2) is 0 Å². The third kappa shape index (κ3) is 2.76. The molecule has 2 heterocycles. The van der Waals surface area contributed by atoms with E-state index in [1.807, 2.05) is 12.1 Å². The molecule has 2 aliphatic rings. The number of nitrogens with one attached hydrogen (secondary N) is 2. The van der Waals surface area contributed by atoms with Gasteiger partial charge in [-0.1, -0.05) is 0 Å². The predicted octanol–water partition coefficient (Wildman–Crippen LogP) is 1.50. The van der Waals surface area contributed by atoms with Gasteiger partial charge in [0.25, 0.3) is 0 Å². The van der Waals surface area contributed by atoms with Crippen molar-refractivity contribution in [1.29, 1.82) is 0 Å². The molecule has 1 unspecified atom stereocenters. The Morgan fingerprint density at radius 3 is 2.35 bits per heavy atom. The third-order valence-electron chi connectivity index (χ3n) is 3.90. The van der Waals surface area contributed by atoms with Gasteiger partial charge in [-0.15, -0.1) is 0 Å². The first-order valence-corrected chi connectivity index (χ1v) is 7.17. The van der Waals surface area contributed by atoms with Crippen molar-refractivity contribution in [3.63, 3.8) is 0 Å². The zero-order valence-electron chi connectivity index (χ0n) is 11.4. The molecule has 1 atom stereocenters. The number of carbonyl (C=O) groups is 2. The quantitative estimate of drug-likeness (QED) is 0.819. The molecule has 0 spiro atoms. The van der Waals surface area contributed by atoms with Gasteiger partial charge >= 0.3 is 0 Å². The fourth-order valence-electron chi connectivity index (χ4n) is 2.79. The highest BCUT2D eigenvalue weighted by atomic mass is 16.2. The molecule has 2 saturated heterocycles. The molecule has 0 radical (unpaired) electrons. The number of imide groups is 1. The van der Waals surface area contributed by atoms with E-state index in [0.29, 0.717) is 0 Å². The van der Waals surface area contributed by atoms with E-state index in [0.717, 1.165) is 18.8 Å². The molecule has 0 saturated carbocycles. The molecule has 5 heteroatoms. The lowest BCUT2D eigenvalue weighted by molar-refractivity contribution is -0.124. The average molecular weight is 273 g/mol. The zero-order chi connectivity index (χ0) is 13.9. The van der Waals surface area contributed by atoms with E-state index in [4.69, 9.17) is 0 Å². The summed E-state index contributed by atoms with van der Waals surface area (Å²) >= 11 is 0. The molecule has 2 aliphatic heterocycles. The maximum absolute atomic E-state index is 11.5. The van der Waals surface area contributed by atoms with Crippen molar-refractivity contribution in [2.24, 2.45) is 0 Å². The molecule has 1 aromatic carbocycles. The molecular weight excluding hydrogens is 254 g/mol. The van der Waals surface area contributed by atoms with Crippen molar-refractivity contribution < 1.29 is 9.59 Å². The first-order valence-electron chi connectivity index (χ1n) is 7.17. The molecular formula is C15H19N3O2. The zero-order valence-corrected chi connectivity index (χ0v) is 11.4. The summed E-state index contributed by atoms with van der Waals surface area (Å²) in [7, 11) is 0. The summed E-state index contributed by atoms with van der Waals surface area (Å²) in [6.07, 6.45) is 4.04. The van der Waals surface area contributed by atoms with Gasteiger partial charge in [0.05, 0.1) is 6.42 Å². The number of benzene rings is 1. The summed E-state index contributed by atoms with van der Waals surface area (Å²) in [6.45, 7) is 2.23. The van der Waals surface area contributed by atoms with Gasteiger partial charge in [0.2, 0.25) is 11.8 Å². The maximum Gasteiger partial charge on any atom is 0.249 e. The minimum absolute atomic E-state index is 0.211. The smallest absolute Gasteiger partial charge is 0.249 e. The Kier molecular flexibility index (Phi) is 3.58. The van der Waals surface area contributed by atoms with Gasteiger partial charge in [0.15, 0.2) is 0 Å². The van der Waals surface area contributed by atoms with Gasteiger partial charge in [-0.3, -0.25) is 14.9 Å². The van der Waals surface area contributed by atoms with Crippen LogP contribution in [-0.4, -0.2) is 30.9 Å². The number of hydrogen-bond donors (Lipinski definition) is 2. The van der Waals surface area contributed by atoms with E-state index in [1.54, 1.807) is 0 Å². The van der Waals surface area contributed by atoms with Gasteiger partial charge < -0.3 is 10.2 Å². The van der Waals surface area contributed by atoms with Crippen molar-refractivity contribution in [2.45, 2.75) is 31.7 Å². The second kappa shape index (κ2) is 5.53. The fraction of sp³-hybridized carbons (Fsp3) is 0.467. The summed E-state index contributed by atoms with van der Waals surface area (Å²) in [6, 6.07) is 7.65. The number of carbonyl (C=O) groups excluding carboxylic acids is 2.